The Bertz CT molecular complexity index is 964. The lowest BCUT2D eigenvalue weighted by atomic mass is 9.95. The molecule has 1 atom stereocenters. The van der Waals surface area contributed by atoms with Crippen LogP contribution in [-0.2, 0) is 11.8 Å². The minimum atomic E-state index is 0.0352. The lowest BCUT2D eigenvalue weighted by Gasteiger charge is -2.31. The van der Waals surface area contributed by atoms with Crippen molar-refractivity contribution in [3.63, 3.8) is 0 Å². The highest BCUT2D eigenvalue weighted by Crippen LogP contribution is 2.30. The Morgan fingerprint density at radius 3 is 3.04 bits per heavy atom. The van der Waals surface area contributed by atoms with E-state index in [1.54, 1.807) is 34.5 Å². The number of pyridine rings is 1. The summed E-state index contributed by atoms with van der Waals surface area (Å²) in [4.78, 5) is 23.5. The molecule has 7 nitrogen and oxygen atoms in total. The number of aryl methyl sites for hydroxylation is 1. The maximum absolute atomic E-state index is 12.6. The third-order valence-electron chi connectivity index (χ3n) is 4.83. The largest absolute Gasteiger partial charge is 0.338 e. The number of nitrogens with one attached hydrogen (secondary N) is 1. The highest BCUT2D eigenvalue weighted by molar-refractivity contribution is 7.13. The number of nitrogens with zero attached hydrogens (tertiary/aromatic N) is 5. The Balaban J connectivity index is 1.39. The van der Waals surface area contributed by atoms with Gasteiger partial charge in [-0.05, 0) is 37.1 Å². The zero-order valence-electron chi connectivity index (χ0n) is 15.7. The maximum atomic E-state index is 12.6. The van der Waals surface area contributed by atoms with Crippen LogP contribution in [0.15, 0.2) is 48.1 Å². The van der Waals surface area contributed by atoms with Gasteiger partial charge >= 0.3 is 0 Å². The molecule has 1 fully saturated rings. The summed E-state index contributed by atoms with van der Waals surface area (Å²) in [7, 11) is 1.86. The number of piperidine rings is 1. The van der Waals surface area contributed by atoms with E-state index in [0.29, 0.717) is 6.54 Å². The number of hydrogen-bond donors (Lipinski definition) is 1. The molecule has 1 unspecified atom stereocenters. The van der Waals surface area contributed by atoms with Crippen molar-refractivity contribution in [1.29, 1.82) is 0 Å². The maximum Gasteiger partial charge on any atom is 0.246 e. The van der Waals surface area contributed by atoms with E-state index in [9.17, 15) is 4.79 Å². The lowest BCUT2D eigenvalue weighted by Crippen LogP contribution is -2.38. The second kappa shape index (κ2) is 8.35. The minimum Gasteiger partial charge on any atom is -0.338 e. The zero-order chi connectivity index (χ0) is 19.3. The number of rotatable bonds is 5. The molecule has 3 aromatic rings. The van der Waals surface area contributed by atoms with E-state index in [2.05, 4.69) is 20.8 Å². The van der Waals surface area contributed by atoms with Gasteiger partial charge in [0.25, 0.3) is 0 Å². The Labute approximate surface area is 167 Å². The second-order valence-electron chi connectivity index (χ2n) is 6.75. The van der Waals surface area contributed by atoms with E-state index in [0.717, 1.165) is 41.7 Å². The molecule has 0 aliphatic carbocycles. The zero-order valence-corrected chi connectivity index (χ0v) is 16.5. The number of carbonyl (C=O) groups excluding carboxylic acids is 1. The fraction of sp³-hybridized carbons (Fsp3) is 0.300. The van der Waals surface area contributed by atoms with Crippen LogP contribution in [0.3, 0.4) is 0 Å². The van der Waals surface area contributed by atoms with Crippen molar-refractivity contribution in [1.82, 2.24) is 24.6 Å². The number of amides is 1. The number of likely N-dealkylation sites (tertiary alicyclic amines) is 1. The highest BCUT2D eigenvalue weighted by atomic mass is 32.1. The first-order valence-corrected chi connectivity index (χ1v) is 10.2. The highest BCUT2D eigenvalue weighted by Gasteiger charge is 2.25. The quantitative estimate of drug-likeness (QED) is 0.671. The van der Waals surface area contributed by atoms with Gasteiger partial charge in [-0.2, -0.15) is 5.10 Å². The summed E-state index contributed by atoms with van der Waals surface area (Å²) < 4.78 is 1.74. The molecule has 8 heteroatoms. The summed E-state index contributed by atoms with van der Waals surface area (Å²) >= 11 is 1.57. The first-order valence-electron chi connectivity index (χ1n) is 9.27. The number of thiazole rings is 1. The molecular formula is C20H22N6OS. The van der Waals surface area contributed by atoms with Crippen LogP contribution in [0.5, 0.6) is 0 Å². The summed E-state index contributed by atoms with van der Waals surface area (Å²) in [5.41, 5.74) is 1.95. The van der Waals surface area contributed by atoms with Crippen LogP contribution in [0.1, 0.15) is 30.1 Å². The molecule has 0 spiro atoms. The second-order valence-corrected chi connectivity index (χ2v) is 7.61. The molecule has 0 bridgehead atoms. The lowest BCUT2D eigenvalue weighted by molar-refractivity contribution is -0.127. The van der Waals surface area contributed by atoms with Gasteiger partial charge in [0.05, 0.1) is 11.4 Å². The van der Waals surface area contributed by atoms with Gasteiger partial charge in [0, 0.05) is 49.9 Å². The average molecular weight is 395 g/mol. The van der Waals surface area contributed by atoms with E-state index in [1.165, 1.54) is 0 Å². The van der Waals surface area contributed by atoms with E-state index in [4.69, 9.17) is 4.98 Å². The molecule has 0 radical (unpaired) electrons. The van der Waals surface area contributed by atoms with Gasteiger partial charge in [0.15, 0.2) is 5.13 Å². The van der Waals surface area contributed by atoms with Gasteiger partial charge < -0.3 is 10.2 Å². The minimum absolute atomic E-state index is 0.0352. The predicted molar refractivity (Wildman–Crippen MR) is 110 cm³/mol. The molecule has 1 aliphatic heterocycles. The van der Waals surface area contributed by atoms with E-state index in [-0.39, 0.29) is 11.8 Å². The van der Waals surface area contributed by atoms with E-state index < -0.39 is 0 Å². The van der Waals surface area contributed by atoms with Crippen molar-refractivity contribution in [2.45, 2.75) is 18.8 Å². The molecule has 1 aliphatic rings. The van der Waals surface area contributed by atoms with Crippen LogP contribution in [0, 0.1) is 0 Å². The monoisotopic (exact) mass is 394 g/mol. The van der Waals surface area contributed by atoms with Crippen molar-refractivity contribution >= 4 is 34.3 Å². The Hall–Kier alpha value is -3.00. The van der Waals surface area contributed by atoms with Crippen LogP contribution in [0.4, 0.5) is 10.9 Å². The third kappa shape index (κ3) is 4.28. The molecule has 1 N–H and O–H groups in total. The molecule has 1 saturated heterocycles. The van der Waals surface area contributed by atoms with Crippen molar-refractivity contribution in [2.75, 3.05) is 18.4 Å². The summed E-state index contributed by atoms with van der Waals surface area (Å²) in [6, 6.07) is 7.62. The van der Waals surface area contributed by atoms with Gasteiger partial charge in [-0.15, -0.1) is 11.3 Å². The normalized spacial score (nSPS) is 17.2. The van der Waals surface area contributed by atoms with Crippen LogP contribution in [0.2, 0.25) is 0 Å². The van der Waals surface area contributed by atoms with Crippen LogP contribution in [-0.4, -0.2) is 43.6 Å². The topological polar surface area (TPSA) is 75.9 Å². The molecule has 3 aromatic heterocycles. The smallest absolute Gasteiger partial charge is 0.246 e. The Morgan fingerprint density at radius 2 is 2.25 bits per heavy atom. The van der Waals surface area contributed by atoms with Gasteiger partial charge in [0.1, 0.15) is 5.82 Å². The fourth-order valence-electron chi connectivity index (χ4n) is 3.31. The Kier molecular flexibility index (Phi) is 5.48. The number of hydrogen-bond acceptors (Lipinski definition) is 6. The number of anilines is 2. The van der Waals surface area contributed by atoms with E-state index >= 15 is 0 Å². The summed E-state index contributed by atoms with van der Waals surface area (Å²) in [5, 5.41) is 10.3. The fourth-order valence-corrected chi connectivity index (χ4v) is 4.10. The molecule has 4 rings (SSSR count). The first kappa shape index (κ1) is 18.4. The van der Waals surface area contributed by atoms with Crippen LogP contribution < -0.4 is 5.32 Å². The summed E-state index contributed by atoms with van der Waals surface area (Å²) in [6.07, 6.45) is 8.95. The molecule has 28 heavy (non-hydrogen) atoms. The Morgan fingerprint density at radius 1 is 1.32 bits per heavy atom. The van der Waals surface area contributed by atoms with Crippen molar-refractivity contribution in [3.05, 3.63) is 59.5 Å². The summed E-state index contributed by atoms with van der Waals surface area (Å²) in [6.45, 7) is 1.48. The van der Waals surface area contributed by atoms with Gasteiger partial charge in [-0.25, -0.2) is 9.97 Å². The van der Waals surface area contributed by atoms with E-state index in [1.807, 2.05) is 42.3 Å². The molecular weight excluding hydrogens is 372 g/mol. The average Bonchev–Trinajstić information content (AvgIpc) is 3.36. The van der Waals surface area contributed by atoms with Gasteiger partial charge in [-0.1, -0.05) is 6.07 Å². The molecule has 0 saturated carbocycles. The van der Waals surface area contributed by atoms with Crippen molar-refractivity contribution in [2.24, 2.45) is 7.05 Å². The summed E-state index contributed by atoms with van der Waals surface area (Å²) in [5.74, 6) is 1.08. The first-order chi connectivity index (χ1) is 13.7. The van der Waals surface area contributed by atoms with Crippen LogP contribution in [0.25, 0.3) is 6.08 Å². The van der Waals surface area contributed by atoms with Crippen molar-refractivity contribution in [3.8, 4) is 0 Å². The molecule has 1 amide bonds. The third-order valence-corrected chi connectivity index (χ3v) is 5.60. The predicted octanol–water partition coefficient (Wildman–Crippen LogP) is 3.43. The SMILES string of the molecule is Cn1nccc1/C=C/C(=O)N1CCCC(c2csc(Nc3ccccn3)n2)C1. The molecule has 4 heterocycles. The standard InChI is InChI=1S/C20H22N6OS/c1-25-16(9-11-22-25)7-8-19(27)26-12-4-5-15(13-26)17-14-28-20(23-17)24-18-6-2-3-10-21-18/h2-3,6-11,14-15H,4-5,12-13H2,1H3,(H,21,23,24)/b8-7+. The molecule has 144 valence electrons. The number of carbonyl (C=O) groups is 1. The molecule has 0 aromatic carbocycles. The van der Waals surface area contributed by atoms with Crippen LogP contribution >= 0.6 is 11.3 Å². The number of aromatic nitrogens is 4. The van der Waals surface area contributed by atoms with Crippen molar-refractivity contribution < 1.29 is 4.79 Å². The van der Waals surface area contributed by atoms with Gasteiger partial charge in [-0.3, -0.25) is 9.48 Å². The van der Waals surface area contributed by atoms with Gasteiger partial charge in [0.2, 0.25) is 5.91 Å².